The highest BCUT2D eigenvalue weighted by molar-refractivity contribution is 6.01. The molecule has 0 amide bonds. The van der Waals surface area contributed by atoms with Crippen LogP contribution in [0, 0.1) is 0 Å². The molecule has 0 unspecified atom stereocenters. The van der Waals surface area contributed by atoms with Crippen molar-refractivity contribution >= 4 is 11.8 Å². The Labute approximate surface area is 123 Å². The number of aromatic nitrogens is 1. The molecule has 1 aromatic carbocycles. The summed E-state index contributed by atoms with van der Waals surface area (Å²) in [5, 5.41) is 0. The van der Waals surface area contributed by atoms with Crippen LogP contribution in [0.3, 0.4) is 0 Å². The second-order valence-corrected chi connectivity index (χ2v) is 4.64. The Morgan fingerprint density at radius 1 is 1.14 bits per heavy atom. The fraction of sp³-hybridized carbons (Fsp3) is 0.250. The summed E-state index contributed by atoms with van der Waals surface area (Å²) >= 11 is 0. The minimum atomic E-state index is -0.846. The van der Waals surface area contributed by atoms with Gasteiger partial charge in [-0.15, -0.1) is 0 Å². The second-order valence-electron chi connectivity index (χ2n) is 4.64. The van der Waals surface area contributed by atoms with Crippen LogP contribution in [0.5, 0.6) is 5.75 Å². The van der Waals surface area contributed by atoms with E-state index >= 15 is 0 Å². The van der Waals surface area contributed by atoms with Crippen molar-refractivity contribution < 1.29 is 19.1 Å². The summed E-state index contributed by atoms with van der Waals surface area (Å²) in [6.07, 6.45) is 0.896. The van der Waals surface area contributed by atoms with Crippen molar-refractivity contribution in [1.29, 1.82) is 0 Å². The fourth-order valence-electron chi connectivity index (χ4n) is 1.94. The maximum absolute atomic E-state index is 12.2. The highest BCUT2D eigenvalue weighted by Crippen LogP contribution is 2.14. The number of hydrogen-bond acceptors (Lipinski definition) is 4. The summed E-state index contributed by atoms with van der Waals surface area (Å²) in [6.45, 7) is 1.56. The first-order valence-corrected chi connectivity index (χ1v) is 6.53. The number of Topliss-reactive ketones (excluding diaryl/α,β-unsaturated/α-hetero) is 1. The van der Waals surface area contributed by atoms with Gasteiger partial charge in [0.05, 0.1) is 7.11 Å². The van der Waals surface area contributed by atoms with Crippen molar-refractivity contribution in [3.63, 3.8) is 0 Å². The van der Waals surface area contributed by atoms with Crippen LogP contribution >= 0.6 is 0 Å². The zero-order chi connectivity index (χ0) is 15.4. The average Bonchev–Trinajstić information content (AvgIpc) is 2.92. The lowest BCUT2D eigenvalue weighted by molar-refractivity contribution is 0.0309. The van der Waals surface area contributed by atoms with Gasteiger partial charge in [-0.25, -0.2) is 4.79 Å². The summed E-state index contributed by atoms with van der Waals surface area (Å²) in [5.74, 6) is -0.0999. The zero-order valence-corrected chi connectivity index (χ0v) is 12.2. The predicted molar refractivity (Wildman–Crippen MR) is 77.6 cm³/mol. The molecule has 0 fully saturated rings. The van der Waals surface area contributed by atoms with E-state index in [1.165, 1.54) is 0 Å². The van der Waals surface area contributed by atoms with Gasteiger partial charge >= 0.3 is 5.97 Å². The van der Waals surface area contributed by atoms with E-state index in [1.807, 2.05) is 0 Å². The smallest absolute Gasteiger partial charge is 0.355 e. The van der Waals surface area contributed by atoms with Gasteiger partial charge in [0.25, 0.3) is 0 Å². The molecule has 110 valence electrons. The second kappa shape index (κ2) is 6.26. The number of methoxy groups -OCH3 is 1. The van der Waals surface area contributed by atoms with Crippen LogP contribution in [0.25, 0.3) is 0 Å². The standard InChI is InChI=1S/C16H17NO4/c1-11(21-16(19)14-5-4-10-17(14)2)15(18)12-6-8-13(20-3)9-7-12/h4-11H,1-3H3/t11-/m0/s1. The molecule has 0 aliphatic carbocycles. The van der Waals surface area contributed by atoms with Crippen LogP contribution in [0.4, 0.5) is 0 Å². The SMILES string of the molecule is COc1ccc(C(=O)[C@H](C)OC(=O)c2cccn2C)cc1. The van der Waals surface area contributed by atoms with Gasteiger partial charge in [0.2, 0.25) is 5.78 Å². The normalized spacial score (nSPS) is 11.8. The topological polar surface area (TPSA) is 57.5 Å². The monoisotopic (exact) mass is 287 g/mol. The molecule has 0 spiro atoms. The van der Waals surface area contributed by atoms with Gasteiger partial charge < -0.3 is 14.0 Å². The Bertz CT molecular complexity index is 643. The average molecular weight is 287 g/mol. The van der Waals surface area contributed by atoms with Crippen LogP contribution < -0.4 is 4.74 Å². The van der Waals surface area contributed by atoms with Gasteiger partial charge in [-0.05, 0) is 43.3 Å². The maximum atomic E-state index is 12.2. The third-order valence-corrected chi connectivity index (χ3v) is 3.18. The molecular weight excluding hydrogens is 270 g/mol. The van der Waals surface area contributed by atoms with E-state index in [9.17, 15) is 9.59 Å². The molecule has 0 bridgehead atoms. The minimum Gasteiger partial charge on any atom is -0.497 e. The van der Waals surface area contributed by atoms with Crippen LogP contribution in [-0.2, 0) is 11.8 Å². The molecule has 0 saturated carbocycles. The highest BCUT2D eigenvalue weighted by Gasteiger charge is 2.21. The summed E-state index contributed by atoms with van der Waals surface area (Å²) < 4.78 is 11.9. The summed E-state index contributed by atoms with van der Waals surface area (Å²) in [5.41, 5.74) is 0.882. The van der Waals surface area contributed by atoms with Crippen molar-refractivity contribution in [3.05, 3.63) is 53.9 Å². The molecule has 0 aliphatic rings. The largest absolute Gasteiger partial charge is 0.497 e. The van der Waals surface area contributed by atoms with E-state index in [4.69, 9.17) is 9.47 Å². The number of hydrogen-bond donors (Lipinski definition) is 0. The van der Waals surface area contributed by atoms with E-state index in [1.54, 1.807) is 68.2 Å². The summed E-state index contributed by atoms with van der Waals surface area (Å²) in [6, 6.07) is 10.1. The zero-order valence-electron chi connectivity index (χ0n) is 12.2. The van der Waals surface area contributed by atoms with Gasteiger partial charge in [-0.1, -0.05) is 0 Å². The number of carbonyl (C=O) groups excluding carboxylic acids is 2. The molecule has 0 N–H and O–H groups in total. The number of benzene rings is 1. The van der Waals surface area contributed by atoms with Crippen LogP contribution in [0.15, 0.2) is 42.6 Å². The molecule has 2 aromatic rings. The van der Waals surface area contributed by atoms with Crippen molar-refractivity contribution in [1.82, 2.24) is 4.57 Å². The lowest BCUT2D eigenvalue weighted by Crippen LogP contribution is -2.25. The summed E-state index contributed by atoms with van der Waals surface area (Å²) in [7, 11) is 3.30. The molecule has 21 heavy (non-hydrogen) atoms. The number of esters is 1. The number of carbonyl (C=O) groups is 2. The Balaban J connectivity index is 2.05. The fourth-order valence-corrected chi connectivity index (χ4v) is 1.94. The Kier molecular flexibility index (Phi) is 4.42. The van der Waals surface area contributed by atoms with E-state index < -0.39 is 12.1 Å². The summed E-state index contributed by atoms with van der Waals surface area (Å²) in [4.78, 5) is 24.2. The van der Waals surface area contributed by atoms with Gasteiger partial charge in [-0.3, -0.25) is 4.79 Å². The Morgan fingerprint density at radius 2 is 1.81 bits per heavy atom. The lowest BCUT2D eigenvalue weighted by Gasteiger charge is -2.13. The molecular formula is C16H17NO4. The van der Waals surface area contributed by atoms with Gasteiger partial charge in [0.1, 0.15) is 11.4 Å². The highest BCUT2D eigenvalue weighted by atomic mass is 16.5. The number of aryl methyl sites for hydroxylation is 1. The number of ketones is 1. The molecule has 0 aliphatic heterocycles. The van der Waals surface area contributed by atoms with Gasteiger partial charge in [0.15, 0.2) is 6.10 Å². The van der Waals surface area contributed by atoms with Crippen LogP contribution in [0.1, 0.15) is 27.8 Å². The van der Waals surface area contributed by atoms with Crippen molar-refractivity contribution in [2.75, 3.05) is 7.11 Å². The van der Waals surface area contributed by atoms with Crippen molar-refractivity contribution in [2.24, 2.45) is 7.05 Å². The molecule has 5 heteroatoms. The third kappa shape index (κ3) is 3.31. The molecule has 1 atom stereocenters. The maximum Gasteiger partial charge on any atom is 0.355 e. The van der Waals surface area contributed by atoms with Gasteiger partial charge in [-0.2, -0.15) is 0 Å². The third-order valence-electron chi connectivity index (χ3n) is 3.18. The van der Waals surface area contributed by atoms with Crippen LogP contribution in [-0.4, -0.2) is 29.5 Å². The predicted octanol–water partition coefficient (Wildman–Crippen LogP) is 2.46. The Hall–Kier alpha value is -2.56. The van der Waals surface area contributed by atoms with E-state index in [2.05, 4.69) is 0 Å². The Morgan fingerprint density at radius 3 is 2.33 bits per heavy atom. The molecule has 1 heterocycles. The van der Waals surface area contributed by atoms with Crippen LogP contribution in [0.2, 0.25) is 0 Å². The first-order chi connectivity index (χ1) is 10.0. The van der Waals surface area contributed by atoms with Crippen molar-refractivity contribution in [3.8, 4) is 5.75 Å². The van der Waals surface area contributed by atoms with Crippen molar-refractivity contribution in [2.45, 2.75) is 13.0 Å². The van der Waals surface area contributed by atoms with E-state index in [0.717, 1.165) is 0 Å². The quantitative estimate of drug-likeness (QED) is 0.626. The molecule has 2 rings (SSSR count). The number of rotatable bonds is 5. The van der Waals surface area contributed by atoms with E-state index in [0.29, 0.717) is 17.0 Å². The molecule has 0 radical (unpaired) electrons. The molecule has 0 saturated heterocycles. The molecule has 5 nitrogen and oxygen atoms in total. The lowest BCUT2D eigenvalue weighted by atomic mass is 10.1. The number of nitrogens with zero attached hydrogens (tertiary/aromatic N) is 1. The minimum absolute atomic E-state index is 0.250. The van der Waals surface area contributed by atoms with E-state index in [-0.39, 0.29) is 5.78 Å². The first-order valence-electron chi connectivity index (χ1n) is 6.53. The molecule has 1 aromatic heterocycles. The first kappa shape index (κ1) is 14.8. The van der Waals surface area contributed by atoms with Gasteiger partial charge in [0, 0.05) is 18.8 Å². The number of ether oxygens (including phenoxy) is 2.